The van der Waals surface area contributed by atoms with E-state index in [1.807, 2.05) is 6.92 Å². The number of benzene rings is 2. The van der Waals surface area contributed by atoms with E-state index < -0.39 is 0 Å². The summed E-state index contributed by atoms with van der Waals surface area (Å²) in [4.78, 5) is 25.6. The molecule has 25 heavy (non-hydrogen) atoms. The van der Waals surface area contributed by atoms with Crippen molar-refractivity contribution in [2.24, 2.45) is 0 Å². The minimum atomic E-state index is -0.248. The minimum absolute atomic E-state index is 0.0904. The Kier molecular flexibility index (Phi) is 6.71. The summed E-state index contributed by atoms with van der Waals surface area (Å²) in [5.74, 6) is -0.485. The number of hydrogen-bond acceptors (Lipinski definition) is 2. The molecule has 7 heteroatoms. The Balaban J connectivity index is 2.10. The molecule has 132 valence electrons. The zero-order valence-corrected chi connectivity index (χ0v) is 16.0. The molecule has 0 atom stereocenters. The van der Waals surface area contributed by atoms with Crippen LogP contribution >= 0.6 is 34.8 Å². The van der Waals surface area contributed by atoms with Crippen molar-refractivity contribution in [2.45, 2.75) is 20.3 Å². The molecule has 0 aliphatic heterocycles. The summed E-state index contributed by atoms with van der Waals surface area (Å²) < 4.78 is 0. The molecule has 2 amide bonds. The van der Waals surface area contributed by atoms with Gasteiger partial charge in [0.05, 0.1) is 15.7 Å². The smallest absolute Gasteiger partial charge is 0.226 e. The number of nitrogens with one attached hydrogen (secondary N) is 1. The normalized spacial score (nSPS) is 10.4. The Morgan fingerprint density at radius 2 is 1.56 bits per heavy atom. The zero-order valence-electron chi connectivity index (χ0n) is 13.8. The molecular formula is C18H17Cl3N2O2. The van der Waals surface area contributed by atoms with Crippen molar-refractivity contribution in [3.63, 3.8) is 0 Å². The fourth-order valence-corrected chi connectivity index (χ4v) is 3.12. The van der Waals surface area contributed by atoms with Gasteiger partial charge in [0.25, 0.3) is 0 Å². The molecule has 2 rings (SSSR count). The molecule has 0 spiro atoms. The quantitative estimate of drug-likeness (QED) is 0.738. The van der Waals surface area contributed by atoms with Crippen LogP contribution in [-0.2, 0) is 9.59 Å². The third kappa shape index (κ3) is 4.88. The van der Waals surface area contributed by atoms with Gasteiger partial charge in [-0.3, -0.25) is 9.59 Å². The first-order valence-electron chi connectivity index (χ1n) is 7.58. The summed E-state index contributed by atoms with van der Waals surface area (Å²) in [6, 6.07) is 10.3. The van der Waals surface area contributed by atoms with Gasteiger partial charge in [0.1, 0.15) is 0 Å². The van der Waals surface area contributed by atoms with Crippen LogP contribution in [0.5, 0.6) is 0 Å². The monoisotopic (exact) mass is 398 g/mol. The summed E-state index contributed by atoms with van der Waals surface area (Å²) in [5.41, 5.74) is 1.84. The van der Waals surface area contributed by atoms with Crippen LogP contribution in [0.15, 0.2) is 36.4 Å². The summed E-state index contributed by atoms with van der Waals surface area (Å²) in [6.07, 6.45) is 0.0904. The minimum Gasteiger partial charge on any atom is -0.326 e. The molecule has 0 fully saturated rings. The first-order chi connectivity index (χ1) is 11.8. The van der Waals surface area contributed by atoms with E-state index in [0.29, 0.717) is 26.4 Å². The van der Waals surface area contributed by atoms with Gasteiger partial charge in [0.15, 0.2) is 0 Å². The number of anilines is 2. The van der Waals surface area contributed by atoms with Gasteiger partial charge < -0.3 is 10.2 Å². The Labute approximate surface area is 161 Å². The molecule has 0 unspecified atom stereocenters. The number of rotatable bonds is 5. The molecule has 2 aromatic carbocycles. The van der Waals surface area contributed by atoms with E-state index in [-0.39, 0.29) is 24.8 Å². The standard InChI is InChI=1S/C18H17Cl3N2O2/c1-11-13(19)5-4-8-16(11)22-17(25)9-10-23(12(2)24)18-14(20)6-3-7-15(18)21/h3-8H,9-10H2,1-2H3,(H,22,25). The molecule has 0 radical (unpaired) electrons. The number of hydrogen-bond donors (Lipinski definition) is 1. The van der Waals surface area contributed by atoms with Gasteiger partial charge in [0.2, 0.25) is 11.8 Å². The van der Waals surface area contributed by atoms with E-state index in [4.69, 9.17) is 34.8 Å². The highest BCUT2D eigenvalue weighted by atomic mass is 35.5. The topological polar surface area (TPSA) is 49.4 Å². The van der Waals surface area contributed by atoms with Crippen molar-refractivity contribution in [3.05, 3.63) is 57.0 Å². The molecule has 1 N–H and O–H groups in total. The average Bonchev–Trinajstić information content (AvgIpc) is 2.54. The molecular weight excluding hydrogens is 383 g/mol. The highest BCUT2D eigenvalue weighted by Crippen LogP contribution is 2.33. The SMILES string of the molecule is CC(=O)N(CCC(=O)Nc1cccc(Cl)c1C)c1c(Cl)cccc1Cl. The number of carbonyl (C=O) groups is 2. The first-order valence-corrected chi connectivity index (χ1v) is 8.71. The summed E-state index contributed by atoms with van der Waals surface area (Å²) in [5, 5.41) is 4.08. The van der Waals surface area contributed by atoms with Crippen molar-refractivity contribution >= 4 is 58.0 Å². The van der Waals surface area contributed by atoms with Crippen LogP contribution in [0, 0.1) is 6.92 Å². The van der Waals surface area contributed by atoms with E-state index in [9.17, 15) is 9.59 Å². The van der Waals surface area contributed by atoms with Crippen LogP contribution in [0.25, 0.3) is 0 Å². The molecule has 0 bridgehead atoms. The third-order valence-electron chi connectivity index (χ3n) is 3.69. The van der Waals surface area contributed by atoms with E-state index in [0.717, 1.165) is 5.56 Å². The highest BCUT2D eigenvalue weighted by molar-refractivity contribution is 6.39. The second-order valence-corrected chi connectivity index (χ2v) is 6.67. The molecule has 0 aliphatic carbocycles. The molecule has 0 aromatic heterocycles. The Hall–Kier alpha value is -1.75. The van der Waals surface area contributed by atoms with E-state index in [1.165, 1.54) is 11.8 Å². The number of para-hydroxylation sites is 1. The van der Waals surface area contributed by atoms with Gasteiger partial charge in [0, 0.05) is 30.6 Å². The Morgan fingerprint density at radius 3 is 2.16 bits per heavy atom. The lowest BCUT2D eigenvalue weighted by Crippen LogP contribution is -2.32. The summed E-state index contributed by atoms with van der Waals surface area (Å²) in [7, 11) is 0. The number of amides is 2. The van der Waals surface area contributed by atoms with Crippen LogP contribution in [0.3, 0.4) is 0 Å². The maximum atomic E-state index is 12.2. The molecule has 0 aliphatic rings. The van der Waals surface area contributed by atoms with Gasteiger partial charge in [-0.05, 0) is 36.8 Å². The second-order valence-electron chi connectivity index (χ2n) is 5.45. The first kappa shape index (κ1) is 19.6. The van der Waals surface area contributed by atoms with Gasteiger partial charge in [-0.15, -0.1) is 0 Å². The molecule has 0 saturated heterocycles. The number of halogens is 3. The predicted molar refractivity (Wildman–Crippen MR) is 104 cm³/mol. The fraction of sp³-hybridized carbons (Fsp3) is 0.222. The van der Waals surface area contributed by atoms with Crippen LogP contribution in [-0.4, -0.2) is 18.4 Å². The number of nitrogens with zero attached hydrogens (tertiary/aromatic N) is 1. The van der Waals surface area contributed by atoms with Crippen molar-refractivity contribution in [1.29, 1.82) is 0 Å². The number of carbonyl (C=O) groups excluding carboxylic acids is 2. The Bertz CT molecular complexity index is 789. The summed E-state index contributed by atoms with van der Waals surface area (Å²) in [6.45, 7) is 3.38. The Morgan fingerprint density at radius 1 is 1.00 bits per heavy atom. The zero-order chi connectivity index (χ0) is 18.6. The van der Waals surface area contributed by atoms with Gasteiger partial charge in [-0.1, -0.05) is 46.9 Å². The second kappa shape index (κ2) is 8.56. The van der Waals surface area contributed by atoms with Crippen LogP contribution < -0.4 is 10.2 Å². The van der Waals surface area contributed by atoms with Gasteiger partial charge in [-0.25, -0.2) is 0 Å². The molecule has 2 aromatic rings. The van der Waals surface area contributed by atoms with Crippen molar-refractivity contribution < 1.29 is 9.59 Å². The molecule has 4 nitrogen and oxygen atoms in total. The predicted octanol–water partition coefficient (Wildman–Crippen LogP) is 5.34. The van der Waals surface area contributed by atoms with Crippen LogP contribution in [0.4, 0.5) is 11.4 Å². The van der Waals surface area contributed by atoms with E-state index >= 15 is 0 Å². The third-order valence-corrected chi connectivity index (χ3v) is 4.71. The fourth-order valence-electron chi connectivity index (χ4n) is 2.34. The average molecular weight is 400 g/mol. The largest absolute Gasteiger partial charge is 0.326 e. The van der Waals surface area contributed by atoms with Crippen LogP contribution in [0.2, 0.25) is 15.1 Å². The van der Waals surface area contributed by atoms with Gasteiger partial charge >= 0.3 is 0 Å². The molecule has 0 heterocycles. The lowest BCUT2D eigenvalue weighted by atomic mass is 10.2. The molecule has 0 saturated carbocycles. The van der Waals surface area contributed by atoms with Crippen molar-refractivity contribution in [3.8, 4) is 0 Å². The van der Waals surface area contributed by atoms with E-state index in [1.54, 1.807) is 36.4 Å². The maximum absolute atomic E-state index is 12.2. The maximum Gasteiger partial charge on any atom is 0.226 e. The van der Waals surface area contributed by atoms with Crippen molar-refractivity contribution in [1.82, 2.24) is 0 Å². The van der Waals surface area contributed by atoms with Gasteiger partial charge in [-0.2, -0.15) is 0 Å². The lowest BCUT2D eigenvalue weighted by Gasteiger charge is -2.23. The van der Waals surface area contributed by atoms with Crippen LogP contribution in [0.1, 0.15) is 18.9 Å². The summed E-state index contributed by atoms with van der Waals surface area (Å²) >= 11 is 18.4. The highest BCUT2D eigenvalue weighted by Gasteiger charge is 2.19. The van der Waals surface area contributed by atoms with E-state index in [2.05, 4.69) is 5.32 Å². The lowest BCUT2D eigenvalue weighted by molar-refractivity contribution is -0.117. The van der Waals surface area contributed by atoms with Crippen molar-refractivity contribution in [2.75, 3.05) is 16.8 Å².